The minimum absolute atomic E-state index is 0.0505. The molecule has 8 nitrogen and oxygen atoms in total. The molecule has 1 heterocycles. The van der Waals surface area contributed by atoms with Gasteiger partial charge in [0, 0.05) is 30.2 Å². The molecule has 0 bridgehead atoms. The van der Waals surface area contributed by atoms with E-state index < -0.39 is 29.2 Å². The summed E-state index contributed by atoms with van der Waals surface area (Å²) in [4.78, 5) is 47.7. The monoisotopic (exact) mass is 399 g/mol. The van der Waals surface area contributed by atoms with E-state index in [4.69, 9.17) is 0 Å². The molecule has 1 aliphatic rings. The number of hydrogen-bond acceptors (Lipinski definition) is 6. The van der Waals surface area contributed by atoms with Crippen LogP contribution in [0.25, 0.3) is 0 Å². The molecule has 144 valence electrons. The lowest BCUT2D eigenvalue weighted by molar-refractivity contribution is -0.384. The number of nitrogens with zero attached hydrogens (tertiary/aromatic N) is 2. The van der Waals surface area contributed by atoms with Crippen molar-refractivity contribution in [1.82, 2.24) is 10.2 Å². The number of hydrogen-bond donors (Lipinski definition) is 1. The van der Waals surface area contributed by atoms with Gasteiger partial charge < -0.3 is 5.32 Å². The molecule has 2 aromatic carbocycles. The van der Waals surface area contributed by atoms with Crippen molar-refractivity contribution in [1.29, 1.82) is 0 Å². The van der Waals surface area contributed by atoms with Gasteiger partial charge in [-0.2, -0.15) is 11.8 Å². The van der Waals surface area contributed by atoms with E-state index in [0.29, 0.717) is 12.3 Å². The van der Waals surface area contributed by atoms with Crippen LogP contribution in [0.3, 0.4) is 0 Å². The molecule has 0 aromatic heterocycles. The summed E-state index contributed by atoms with van der Waals surface area (Å²) in [6, 6.07) is 13.4. The van der Waals surface area contributed by atoms with Gasteiger partial charge in [0.25, 0.3) is 17.5 Å². The lowest BCUT2D eigenvalue weighted by Gasteiger charge is -2.13. The molecule has 0 saturated carbocycles. The lowest BCUT2D eigenvalue weighted by Crippen LogP contribution is -2.40. The van der Waals surface area contributed by atoms with Crippen molar-refractivity contribution in [2.24, 2.45) is 0 Å². The average molecular weight is 399 g/mol. The van der Waals surface area contributed by atoms with Crippen LogP contribution in [0.4, 0.5) is 5.69 Å². The third kappa shape index (κ3) is 4.37. The van der Waals surface area contributed by atoms with Gasteiger partial charge in [-0.3, -0.25) is 29.4 Å². The van der Waals surface area contributed by atoms with E-state index in [2.05, 4.69) is 5.32 Å². The third-order valence-electron chi connectivity index (χ3n) is 4.15. The molecule has 1 N–H and O–H groups in total. The van der Waals surface area contributed by atoms with Gasteiger partial charge in [-0.25, -0.2) is 0 Å². The second-order valence-electron chi connectivity index (χ2n) is 6.07. The Labute approximate surface area is 165 Å². The maximum Gasteiger partial charge on any atom is 0.270 e. The van der Waals surface area contributed by atoms with Crippen molar-refractivity contribution in [2.45, 2.75) is 5.75 Å². The summed E-state index contributed by atoms with van der Waals surface area (Å²) in [6.45, 7) is -0.00549. The molecule has 1 aliphatic heterocycles. The number of benzene rings is 2. The molecule has 0 spiro atoms. The predicted octanol–water partition coefficient (Wildman–Crippen LogP) is 2.24. The fourth-order valence-corrected chi connectivity index (χ4v) is 3.58. The Kier molecular flexibility index (Phi) is 6.05. The maximum absolute atomic E-state index is 12.3. The number of carbonyl (C=O) groups is 3. The molecule has 0 atom stereocenters. The van der Waals surface area contributed by atoms with E-state index in [-0.39, 0.29) is 16.8 Å². The third-order valence-corrected chi connectivity index (χ3v) is 5.18. The van der Waals surface area contributed by atoms with Crippen LogP contribution in [0.2, 0.25) is 0 Å². The first-order valence-electron chi connectivity index (χ1n) is 8.50. The first kappa shape index (κ1) is 19.6. The van der Waals surface area contributed by atoms with Crippen molar-refractivity contribution >= 4 is 35.2 Å². The summed E-state index contributed by atoms with van der Waals surface area (Å²) >= 11 is 1.66. The first-order chi connectivity index (χ1) is 13.5. The Balaban J connectivity index is 1.48. The highest BCUT2D eigenvalue weighted by atomic mass is 32.2. The highest BCUT2D eigenvalue weighted by Crippen LogP contribution is 2.26. The van der Waals surface area contributed by atoms with Crippen molar-refractivity contribution in [3.63, 3.8) is 0 Å². The smallest absolute Gasteiger partial charge is 0.270 e. The second-order valence-corrected chi connectivity index (χ2v) is 7.18. The summed E-state index contributed by atoms with van der Waals surface area (Å²) in [5, 5.41) is 13.5. The molecule has 2 aromatic rings. The van der Waals surface area contributed by atoms with E-state index in [0.717, 1.165) is 22.8 Å². The molecule has 28 heavy (non-hydrogen) atoms. The van der Waals surface area contributed by atoms with Crippen LogP contribution < -0.4 is 5.32 Å². The van der Waals surface area contributed by atoms with E-state index in [1.165, 1.54) is 11.6 Å². The molecule has 3 amide bonds. The minimum atomic E-state index is -0.697. The van der Waals surface area contributed by atoms with Gasteiger partial charge in [0.1, 0.15) is 6.54 Å². The van der Waals surface area contributed by atoms with Gasteiger partial charge in [0.2, 0.25) is 5.91 Å². The number of nitro groups is 1. The predicted molar refractivity (Wildman–Crippen MR) is 104 cm³/mol. The molecule has 3 rings (SSSR count). The standard InChI is InChI=1S/C19H17N3O5S/c23-17(20-8-9-28-12-13-4-2-1-3-5-13)11-21-18(24)15-7-6-14(22(26)27)10-16(15)19(21)25/h1-7,10H,8-9,11-12H2,(H,20,23). The van der Waals surface area contributed by atoms with Crippen LogP contribution in [0.15, 0.2) is 48.5 Å². The number of rotatable bonds is 8. The van der Waals surface area contributed by atoms with Gasteiger partial charge >= 0.3 is 0 Å². The summed E-state index contributed by atoms with van der Waals surface area (Å²) in [5.41, 5.74) is 0.938. The van der Waals surface area contributed by atoms with Crippen LogP contribution >= 0.6 is 11.8 Å². The Morgan fingerprint density at radius 3 is 2.50 bits per heavy atom. The molecule has 0 fully saturated rings. The zero-order valence-corrected chi connectivity index (χ0v) is 15.6. The summed E-state index contributed by atoms with van der Waals surface area (Å²) in [5.74, 6) is -0.256. The van der Waals surface area contributed by atoms with Crippen LogP contribution in [0, 0.1) is 10.1 Å². The lowest BCUT2D eigenvalue weighted by atomic mass is 10.1. The van der Waals surface area contributed by atoms with Crippen LogP contribution in [0.5, 0.6) is 0 Å². The number of non-ortho nitro benzene ring substituents is 1. The Bertz CT molecular complexity index is 932. The second kappa shape index (κ2) is 8.66. The van der Waals surface area contributed by atoms with Crippen molar-refractivity contribution in [2.75, 3.05) is 18.8 Å². The van der Waals surface area contributed by atoms with Crippen molar-refractivity contribution in [3.05, 3.63) is 75.3 Å². The number of thioether (sulfide) groups is 1. The molecule has 0 radical (unpaired) electrons. The number of imide groups is 1. The molecule has 0 saturated heterocycles. The van der Waals surface area contributed by atoms with Crippen LogP contribution in [-0.2, 0) is 10.5 Å². The molecular formula is C19H17N3O5S. The van der Waals surface area contributed by atoms with Crippen molar-refractivity contribution in [3.8, 4) is 0 Å². The highest BCUT2D eigenvalue weighted by molar-refractivity contribution is 7.98. The normalized spacial score (nSPS) is 12.8. The van der Waals surface area contributed by atoms with E-state index in [9.17, 15) is 24.5 Å². The van der Waals surface area contributed by atoms with Gasteiger partial charge in [-0.05, 0) is 11.6 Å². The van der Waals surface area contributed by atoms with Crippen molar-refractivity contribution < 1.29 is 19.3 Å². The van der Waals surface area contributed by atoms with Gasteiger partial charge in [-0.15, -0.1) is 0 Å². The zero-order valence-electron chi connectivity index (χ0n) is 14.8. The van der Waals surface area contributed by atoms with Crippen LogP contribution in [0.1, 0.15) is 26.3 Å². The molecular weight excluding hydrogens is 382 g/mol. The summed E-state index contributed by atoms with van der Waals surface area (Å²) < 4.78 is 0. The average Bonchev–Trinajstić information content (AvgIpc) is 2.93. The minimum Gasteiger partial charge on any atom is -0.354 e. The van der Waals surface area contributed by atoms with Gasteiger partial charge in [0.15, 0.2) is 0 Å². The molecule has 9 heteroatoms. The fraction of sp³-hybridized carbons (Fsp3) is 0.211. The maximum atomic E-state index is 12.3. The SMILES string of the molecule is O=C(CN1C(=O)c2ccc([N+](=O)[O-])cc2C1=O)NCCSCc1ccccc1. The van der Waals surface area contributed by atoms with E-state index in [1.54, 1.807) is 11.8 Å². The largest absolute Gasteiger partial charge is 0.354 e. The van der Waals surface area contributed by atoms with Gasteiger partial charge in [0.05, 0.1) is 16.1 Å². The van der Waals surface area contributed by atoms with E-state index >= 15 is 0 Å². The topological polar surface area (TPSA) is 110 Å². The van der Waals surface area contributed by atoms with Crippen LogP contribution in [-0.4, -0.2) is 46.4 Å². The quantitative estimate of drug-likeness (QED) is 0.316. The Morgan fingerprint density at radius 1 is 1.07 bits per heavy atom. The Morgan fingerprint density at radius 2 is 1.79 bits per heavy atom. The Hall–Kier alpha value is -3.20. The van der Waals surface area contributed by atoms with E-state index in [1.807, 2.05) is 30.3 Å². The molecule has 0 unspecified atom stereocenters. The zero-order chi connectivity index (χ0) is 20.1. The molecule has 0 aliphatic carbocycles. The number of carbonyl (C=O) groups excluding carboxylic acids is 3. The fourth-order valence-electron chi connectivity index (χ4n) is 2.76. The summed E-state index contributed by atoms with van der Waals surface area (Å²) in [6.07, 6.45) is 0. The number of fused-ring (bicyclic) bond motifs is 1. The first-order valence-corrected chi connectivity index (χ1v) is 9.66. The number of nitrogens with one attached hydrogen (secondary N) is 1. The van der Waals surface area contributed by atoms with Gasteiger partial charge in [-0.1, -0.05) is 30.3 Å². The number of amides is 3. The summed E-state index contributed by atoms with van der Waals surface area (Å²) in [7, 11) is 0. The highest BCUT2D eigenvalue weighted by Gasteiger charge is 2.37. The number of nitro benzene ring substituents is 1.